The monoisotopic (exact) mass is 252 g/mol. The summed E-state index contributed by atoms with van der Waals surface area (Å²) >= 11 is 0. The minimum absolute atomic E-state index is 0.132. The Morgan fingerprint density at radius 1 is 1.28 bits per heavy atom. The summed E-state index contributed by atoms with van der Waals surface area (Å²) < 4.78 is 14.0. The van der Waals surface area contributed by atoms with Crippen molar-refractivity contribution in [3.63, 3.8) is 0 Å². The molecule has 1 fully saturated rings. The molecule has 0 unspecified atom stereocenters. The lowest BCUT2D eigenvalue weighted by Gasteiger charge is -2.34. The molecule has 1 aliphatic rings. The van der Waals surface area contributed by atoms with Crippen molar-refractivity contribution in [3.8, 4) is 5.75 Å². The van der Waals surface area contributed by atoms with E-state index in [2.05, 4.69) is 0 Å². The first-order valence-electron chi connectivity index (χ1n) is 6.20. The van der Waals surface area contributed by atoms with Gasteiger partial charge >= 0.3 is 5.97 Å². The van der Waals surface area contributed by atoms with Crippen molar-refractivity contribution in [3.05, 3.63) is 29.1 Å². The van der Waals surface area contributed by atoms with Crippen LogP contribution in [0.1, 0.15) is 43.2 Å². The topological polar surface area (TPSA) is 57.5 Å². The van der Waals surface area contributed by atoms with E-state index in [0.29, 0.717) is 18.4 Å². The van der Waals surface area contributed by atoms with Gasteiger partial charge < -0.3 is 10.2 Å². The molecule has 0 bridgehead atoms. The maximum atomic E-state index is 14.0. The number of aryl methyl sites for hydroxylation is 1. The van der Waals surface area contributed by atoms with E-state index in [-0.39, 0.29) is 11.3 Å². The molecule has 4 heteroatoms. The van der Waals surface area contributed by atoms with Gasteiger partial charge in [0, 0.05) is 11.6 Å². The van der Waals surface area contributed by atoms with Crippen LogP contribution in [0.25, 0.3) is 0 Å². The Bertz CT molecular complexity index is 476. The quantitative estimate of drug-likeness (QED) is 0.850. The van der Waals surface area contributed by atoms with Crippen LogP contribution in [-0.4, -0.2) is 16.2 Å². The fraction of sp³-hybridized carbons (Fsp3) is 0.500. The number of carbonyl (C=O) groups is 1. The van der Waals surface area contributed by atoms with Gasteiger partial charge in [-0.15, -0.1) is 0 Å². The third-order valence-electron chi connectivity index (χ3n) is 3.92. The second-order valence-electron chi connectivity index (χ2n) is 5.07. The summed E-state index contributed by atoms with van der Waals surface area (Å²) in [7, 11) is 0. The highest BCUT2D eigenvalue weighted by molar-refractivity contribution is 5.81. The van der Waals surface area contributed by atoms with Gasteiger partial charge in [-0.2, -0.15) is 0 Å². The fourth-order valence-electron chi connectivity index (χ4n) is 2.79. The minimum Gasteiger partial charge on any atom is -0.508 e. The number of benzene rings is 1. The molecule has 18 heavy (non-hydrogen) atoms. The first-order valence-corrected chi connectivity index (χ1v) is 6.20. The number of hydrogen-bond donors (Lipinski definition) is 2. The van der Waals surface area contributed by atoms with Crippen molar-refractivity contribution in [2.45, 2.75) is 44.4 Å². The summed E-state index contributed by atoms with van der Waals surface area (Å²) in [5, 5.41) is 19.0. The van der Waals surface area contributed by atoms with Gasteiger partial charge in [0.25, 0.3) is 0 Å². The molecular weight excluding hydrogens is 235 g/mol. The molecule has 1 aromatic carbocycles. The molecular formula is C14H17FO3. The number of hydrogen-bond acceptors (Lipinski definition) is 2. The van der Waals surface area contributed by atoms with Crippen molar-refractivity contribution in [2.24, 2.45) is 0 Å². The average molecular weight is 252 g/mol. The number of phenols is 1. The van der Waals surface area contributed by atoms with Gasteiger partial charge in [0.05, 0.1) is 5.41 Å². The van der Waals surface area contributed by atoms with Crippen molar-refractivity contribution in [1.29, 1.82) is 0 Å². The number of halogens is 1. The first-order chi connectivity index (χ1) is 8.47. The van der Waals surface area contributed by atoms with Gasteiger partial charge in [-0.05, 0) is 31.4 Å². The molecule has 0 spiro atoms. The van der Waals surface area contributed by atoms with E-state index >= 15 is 0 Å². The lowest BCUT2D eigenvalue weighted by Crippen LogP contribution is -2.38. The Balaban J connectivity index is 2.55. The van der Waals surface area contributed by atoms with E-state index in [4.69, 9.17) is 0 Å². The van der Waals surface area contributed by atoms with E-state index in [1.165, 1.54) is 6.07 Å². The molecule has 3 nitrogen and oxygen atoms in total. The van der Waals surface area contributed by atoms with Crippen LogP contribution in [0, 0.1) is 12.7 Å². The van der Waals surface area contributed by atoms with Crippen molar-refractivity contribution in [1.82, 2.24) is 0 Å². The van der Waals surface area contributed by atoms with Crippen molar-refractivity contribution < 1.29 is 19.4 Å². The highest BCUT2D eigenvalue weighted by Crippen LogP contribution is 2.42. The molecule has 1 aliphatic carbocycles. The molecule has 1 aromatic rings. The third-order valence-corrected chi connectivity index (χ3v) is 3.92. The summed E-state index contributed by atoms with van der Waals surface area (Å²) in [6, 6.07) is 2.49. The van der Waals surface area contributed by atoms with E-state index in [1.807, 2.05) is 0 Å². The highest BCUT2D eigenvalue weighted by atomic mass is 19.1. The molecule has 0 saturated heterocycles. The Labute approximate surface area is 105 Å². The number of aromatic hydroxyl groups is 1. The first kappa shape index (κ1) is 12.9. The smallest absolute Gasteiger partial charge is 0.314 e. The normalized spacial score (nSPS) is 18.6. The molecule has 98 valence electrons. The molecule has 0 atom stereocenters. The lowest BCUT2D eigenvalue weighted by atomic mass is 9.69. The second kappa shape index (κ2) is 4.59. The van der Waals surface area contributed by atoms with Crippen LogP contribution in [0.3, 0.4) is 0 Å². The van der Waals surface area contributed by atoms with Crippen molar-refractivity contribution >= 4 is 5.97 Å². The standard InChI is InChI=1S/C14H17FO3/c1-9-7-10(11(15)8-12(9)16)14(13(17)18)5-3-2-4-6-14/h7-8,16H,2-6H2,1H3,(H,17,18). The van der Waals surface area contributed by atoms with Gasteiger partial charge in [0.1, 0.15) is 11.6 Å². The minimum atomic E-state index is -1.12. The lowest BCUT2D eigenvalue weighted by molar-refractivity contribution is -0.145. The van der Waals surface area contributed by atoms with Crippen LogP contribution < -0.4 is 0 Å². The Kier molecular flexibility index (Phi) is 3.28. The molecule has 0 aromatic heterocycles. The van der Waals surface area contributed by atoms with Gasteiger partial charge in [0.2, 0.25) is 0 Å². The number of phenolic OH excluding ortho intramolecular Hbond substituents is 1. The fourth-order valence-corrected chi connectivity index (χ4v) is 2.79. The second-order valence-corrected chi connectivity index (χ2v) is 5.07. The molecule has 0 heterocycles. The Morgan fingerprint density at radius 2 is 1.89 bits per heavy atom. The van der Waals surface area contributed by atoms with Gasteiger partial charge in [-0.3, -0.25) is 4.79 Å². The van der Waals surface area contributed by atoms with E-state index in [9.17, 15) is 19.4 Å². The highest BCUT2D eigenvalue weighted by Gasteiger charge is 2.43. The van der Waals surface area contributed by atoms with Crippen molar-refractivity contribution in [2.75, 3.05) is 0 Å². The summed E-state index contributed by atoms with van der Waals surface area (Å²) in [6.07, 6.45) is 3.51. The largest absolute Gasteiger partial charge is 0.508 e. The maximum absolute atomic E-state index is 14.0. The molecule has 0 aliphatic heterocycles. The Hall–Kier alpha value is -1.58. The zero-order valence-electron chi connectivity index (χ0n) is 10.4. The number of carboxylic acids is 1. The molecule has 0 amide bonds. The summed E-state index contributed by atoms with van der Waals surface area (Å²) in [4.78, 5) is 11.6. The summed E-state index contributed by atoms with van der Waals surface area (Å²) in [6.45, 7) is 1.65. The molecule has 1 saturated carbocycles. The van der Waals surface area contributed by atoms with Crippen LogP contribution in [0.5, 0.6) is 5.75 Å². The van der Waals surface area contributed by atoms with E-state index in [0.717, 1.165) is 25.3 Å². The van der Waals surface area contributed by atoms with Gasteiger partial charge in [-0.1, -0.05) is 19.3 Å². The molecule has 2 N–H and O–H groups in total. The maximum Gasteiger partial charge on any atom is 0.314 e. The van der Waals surface area contributed by atoms with Crippen LogP contribution in [-0.2, 0) is 10.2 Å². The van der Waals surface area contributed by atoms with Crippen LogP contribution in [0.4, 0.5) is 4.39 Å². The van der Waals surface area contributed by atoms with Crippen LogP contribution in [0.15, 0.2) is 12.1 Å². The Morgan fingerprint density at radius 3 is 2.44 bits per heavy atom. The number of carboxylic acid groups (broad SMARTS) is 1. The third kappa shape index (κ3) is 1.96. The van der Waals surface area contributed by atoms with E-state index in [1.54, 1.807) is 6.92 Å². The summed E-state index contributed by atoms with van der Waals surface area (Å²) in [5.41, 5.74) is -0.400. The predicted octanol–water partition coefficient (Wildman–Crippen LogP) is 3.13. The molecule has 2 rings (SSSR count). The average Bonchev–Trinajstić information content (AvgIpc) is 2.34. The predicted molar refractivity (Wildman–Crippen MR) is 65.2 cm³/mol. The summed E-state index contributed by atoms with van der Waals surface area (Å²) in [5.74, 6) is -1.72. The van der Waals surface area contributed by atoms with Crippen LogP contribution in [0.2, 0.25) is 0 Å². The van der Waals surface area contributed by atoms with E-state index < -0.39 is 17.2 Å². The van der Waals surface area contributed by atoms with Gasteiger partial charge in [-0.25, -0.2) is 4.39 Å². The SMILES string of the molecule is Cc1cc(C2(C(=O)O)CCCCC2)c(F)cc1O. The van der Waals surface area contributed by atoms with Crippen LogP contribution >= 0.6 is 0 Å². The molecule has 0 radical (unpaired) electrons. The zero-order valence-corrected chi connectivity index (χ0v) is 10.4. The number of aliphatic carboxylic acids is 1. The number of rotatable bonds is 2. The zero-order chi connectivity index (χ0) is 13.3. The van der Waals surface area contributed by atoms with Gasteiger partial charge in [0.15, 0.2) is 0 Å².